The molecule has 0 aliphatic rings. The molecular weight excluding hydrogens is 344 g/mol. The summed E-state index contributed by atoms with van der Waals surface area (Å²) in [5.74, 6) is -1.14. The van der Waals surface area contributed by atoms with E-state index in [-0.39, 0.29) is 23.9 Å². The second kappa shape index (κ2) is 10.5. The van der Waals surface area contributed by atoms with Crippen molar-refractivity contribution in [3.8, 4) is 5.75 Å². The molecule has 0 aromatic heterocycles. The lowest BCUT2D eigenvalue weighted by atomic mass is 9.90. The molecule has 0 spiro atoms. The predicted molar refractivity (Wildman–Crippen MR) is 102 cm³/mol. The van der Waals surface area contributed by atoms with Crippen molar-refractivity contribution in [3.05, 3.63) is 65.7 Å². The molecule has 0 aliphatic heterocycles. The van der Waals surface area contributed by atoms with Crippen LogP contribution in [-0.2, 0) is 32.1 Å². The molecule has 0 amide bonds. The van der Waals surface area contributed by atoms with Crippen molar-refractivity contribution >= 4 is 11.8 Å². The predicted octanol–water partition coefficient (Wildman–Crippen LogP) is 3.54. The molecule has 0 saturated carbocycles. The second-order valence-electron chi connectivity index (χ2n) is 6.66. The van der Waals surface area contributed by atoms with Gasteiger partial charge < -0.3 is 14.6 Å². The van der Waals surface area contributed by atoms with Gasteiger partial charge in [0.25, 0.3) is 0 Å². The van der Waals surface area contributed by atoms with E-state index in [0.29, 0.717) is 19.6 Å². The third kappa shape index (κ3) is 6.87. The summed E-state index contributed by atoms with van der Waals surface area (Å²) in [4.78, 5) is 24.6. The maximum absolute atomic E-state index is 12.5. The van der Waals surface area contributed by atoms with E-state index in [1.54, 1.807) is 24.3 Å². The van der Waals surface area contributed by atoms with Crippen LogP contribution < -0.4 is 0 Å². The minimum Gasteiger partial charge on any atom is -0.508 e. The van der Waals surface area contributed by atoms with E-state index >= 15 is 0 Å². The minimum absolute atomic E-state index is 0.0303. The zero-order chi connectivity index (χ0) is 19.6. The van der Waals surface area contributed by atoms with Crippen LogP contribution in [-0.4, -0.2) is 30.6 Å². The summed E-state index contributed by atoms with van der Waals surface area (Å²) < 4.78 is 10.5. The number of carbonyl (C=O) groups is 2. The van der Waals surface area contributed by atoms with Gasteiger partial charge in [0, 0.05) is 12.3 Å². The van der Waals surface area contributed by atoms with E-state index in [1.807, 2.05) is 37.3 Å². The first-order chi connectivity index (χ1) is 13.0. The number of ketones is 1. The van der Waals surface area contributed by atoms with Crippen LogP contribution in [0.5, 0.6) is 5.75 Å². The maximum atomic E-state index is 12.5. The average Bonchev–Trinajstić information content (AvgIpc) is 2.69. The molecule has 0 bridgehead atoms. The van der Waals surface area contributed by atoms with Crippen molar-refractivity contribution in [2.75, 3.05) is 13.7 Å². The largest absolute Gasteiger partial charge is 0.508 e. The van der Waals surface area contributed by atoms with Gasteiger partial charge in [0.15, 0.2) is 0 Å². The Morgan fingerprint density at radius 3 is 2.30 bits per heavy atom. The Kier molecular flexibility index (Phi) is 8.01. The Labute approximate surface area is 159 Å². The molecule has 2 rings (SSSR count). The van der Waals surface area contributed by atoms with E-state index in [9.17, 15) is 14.7 Å². The summed E-state index contributed by atoms with van der Waals surface area (Å²) in [6, 6.07) is 16.4. The fraction of sp³-hybridized carbons (Fsp3) is 0.364. The van der Waals surface area contributed by atoms with Gasteiger partial charge in [-0.2, -0.15) is 0 Å². The number of hydrogen-bond donors (Lipinski definition) is 1. The third-order valence-electron chi connectivity index (χ3n) is 4.43. The van der Waals surface area contributed by atoms with Crippen LogP contribution in [0.4, 0.5) is 0 Å². The number of ether oxygens (including phenoxy) is 2. The lowest BCUT2D eigenvalue weighted by molar-refractivity contribution is -0.147. The standard InChI is InChI=1S/C22H26O5/c1-16(14-27-15-18-6-4-3-5-7-18)21(24)13-19(22(25)26-2)12-17-8-10-20(23)11-9-17/h3-11,16,19,23H,12-15H2,1-2H3/t16-,19+/m0/s1. The lowest BCUT2D eigenvalue weighted by Crippen LogP contribution is -2.26. The normalized spacial score (nSPS) is 13.0. The van der Waals surface area contributed by atoms with Crippen LogP contribution in [0.25, 0.3) is 0 Å². The third-order valence-corrected chi connectivity index (χ3v) is 4.43. The molecule has 2 atom stereocenters. The Morgan fingerprint density at radius 2 is 1.67 bits per heavy atom. The van der Waals surface area contributed by atoms with E-state index in [2.05, 4.69) is 0 Å². The van der Waals surface area contributed by atoms with Crippen LogP contribution in [0.2, 0.25) is 0 Å². The Balaban J connectivity index is 1.87. The minimum atomic E-state index is -0.552. The highest BCUT2D eigenvalue weighted by Crippen LogP contribution is 2.19. The van der Waals surface area contributed by atoms with Crippen molar-refractivity contribution in [1.82, 2.24) is 0 Å². The van der Waals surface area contributed by atoms with Gasteiger partial charge in [0.05, 0.1) is 26.2 Å². The fourth-order valence-electron chi connectivity index (χ4n) is 2.79. The van der Waals surface area contributed by atoms with E-state index in [0.717, 1.165) is 11.1 Å². The van der Waals surface area contributed by atoms with Gasteiger partial charge >= 0.3 is 5.97 Å². The van der Waals surface area contributed by atoms with Gasteiger partial charge in [-0.05, 0) is 29.7 Å². The number of phenols is 1. The fourth-order valence-corrected chi connectivity index (χ4v) is 2.79. The summed E-state index contributed by atoms with van der Waals surface area (Å²) in [5, 5.41) is 9.37. The molecule has 144 valence electrons. The molecule has 5 nitrogen and oxygen atoms in total. The summed E-state index contributed by atoms with van der Waals surface area (Å²) in [6.07, 6.45) is 0.486. The molecule has 2 aromatic carbocycles. The van der Waals surface area contributed by atoms with Crippen LogP contribution in [0.15, 0.2) is 54.6 Å². The lowest BCUT2D eigenvalue weighted by Gasteiger charge is -2.17. The Hall–Kier alpha value is -2.66. The molecule has 0 radical (unpaired) electrons. The number of hydrogen-bond acceptors (Lipinski definition) is 5. The van der Waals surface area contributed by atoms with Crippen molar-refractivity contribution in [2.24, 2.45) is 11.8 Å². The van der Waals surface area contributed by atoms with Gasteiger partial charge in [-0.15, -0.1) is 0 Å². The number of phenolic OH excluding ortho intramolecular Hbond substituents is 1. The van der Waals surface area contributed by atoms with Gasteiger partial charge in [-0.1, -0.05) is 49.4 Å². The van der Waals surface area contributed by atoms with Gasteiger partial charge in [0.2, 0.25) is 0 Å². The molecule has 0 fully saturated rings. The van der Waals surface area contributed by atoms with E-state index in [4.69, 9.17) is 9.47 Å². The quantitative estimate of drug-likeness (QED) is 0.648. The number of Topliss-reactive ketones (excluding diaryl/α,β-unsaturated/α-hetero) is 1. The SMILES string of the molecule is COC(=O)[C@@H](CC(=O)[C@@H](C)COCc1ccccc1)Cc1ccc(O)cc1. The first-order valence-electron chi connectivity index (χ1n) is 8.99. The summed E-state index contributed by atoms with van der Waals surface area (Å²) in [5.41, 5.74) is 1.92. The summed E-state index contributed by atoms with van der Waals surface area (Å²) in [7, 11) is 1.32. The first kappa shape index (κ1) is 20.6. The number of rotatable bonds is 10. The Morgan fingerprint density at radius 1 is 1.00 bits per heavy atom. The van der Waals surface area contributed by atoms with Crippen LogP contribution in [0.3, 0.4) is 0 Å². The molecule has 0 aliphatic carbocycles. The smallest absolute Gasteiger partial charge is 0.309 e. The molecule has 27 heavy (non-hydrogen) atoms. The number of esters is 1. The van der Waals surface area contributed by atoms with Gasteiger partial charge in [0.1, 0.15) is 11.5 Å². The van der Waals surface area contributed by atoms with E-state index < -0.39 is 11.9 Å². The average molecular weight is 370 g/mol. The molecule has 0 saturated heterocycles. The van der Waals surface area contributed by atoms with Crippen molar-refractivity contribution in [3.63, 3.8) is 0 Å². The van der Waals surface area contributed by atoms with Crippen LogP contribution >= 0.6 is 0 Å². The highest BCUT2D eigenvalue weighted by Gasteiger charge is 2.25. The second-order valence-corrected chi connectivity index (χ2v) is 6.66. The highest BCUT2D eigenvalue weighted by atomic mass is 16.5. The van der Waals surface area contributed by atoms with Gasteiger partial charge in [-0.3, -0.25) is 9.59 Å². The summed E-state index contributed by atoms with van der Waals surface area (Å²) in [6.45, 7) is 2.56. The van der Waals surface area contributed by atoms with Crippen molar-refractivity contribution in [2.45, 2.75) is 26.4 Å². The molecular formula is C22H26O5. The molecule has 5 heteroatoms. The molecule has 1 N–H and O–H groups in total. The maximum Gasteiger partial charge on any atom is 0.309 e. The highest BCUT2D eigenvalue weighted by molar-refractivity contribution is 5.86. The topological polar surface area (TPSA) is 72.8 Å². The van der Waals surface area contributed by atoms with Crippen molar-refractivity contribution < 1.29 is 24.2 Å². The van der Waals surface area contributed by atoms with E-state index in [1.165, 1.54) is 7.11 Å². The number of benzene rings is 2. The number of carbonyl (C=O) groups excluding carboxylic acids is 2. The first-order valence-corrected chi connectivity index (χ1v) is 8.99. The zero-order valence-electron chi connectivity index (χ0n) is 15.8. The van der Waals surface area contributed by atoms with Crippen molar-refractivity contribution in [1.29, 1.82) is 0 Å². The molecule has 0 heterocycles. The Bertz CT molecular complexity index is 724. The monoisotopic (exact) mass is 370 g/mol. The summed E-state index contributed by atoms with van der Waals surface area (Å²) >= 11 is 0. The van der Waals surface area contributed by atoms with Gasteiger partial charge in [-0.25, -0.2) is 0 Å². The molecule has 0 unspecified atom stereocenters. The number of aromatic hydroxyl groups is 1. The molecule has 2 aromatic rings. The van der Waals surface area contributed by atoms with Crippen LogP contribution in [0, 0.1) is 11.8 Å². The number of methoxy groups -OCH3 is 1. The van der Waals surface area contributed by atoms with Crippen LogP contribution in [0.1, 0.15) is 24.5 Å². The zero-order valence-corrected chi connectivity index (χ0v) is 15.8.